The number of nitrogens with zero attached hydrogens (tertiary/aromatic N) is 3. The molecule has 0 radical (unpaired) electrons. The summed E-state index contributed by atoms with van der Waals surface area (Å²) in [6.45, 7) is 3.66. The lowest BCUT2D eigenvalue weighted by Gasteiger charge is -2.08. The quantitative estimate of drug-likeness (QED) is 0.790. The molecule has 6 nitrogen and oxygen atoms in total. The lowest BCUT2D eigenvalue weighted by molar-refractivity contribution is -0.136. The number of aliphatic carboxylic acids is 1. The zero-order valence-corrected chi connectivity index (χ0v) is 11.1. The summed E-state index contributed by atoms with van der Waals surface area (Å²) in [6, 6.07) is 5.44. The number of rotatable bonds is 3. The SMILES string of the molecule is Cc1nc2cc(-c3ccco3)nn2c(C)c1CC(=O)O. The van der Waals surface area contributed by atoms with Gasteiger partial charge in [0.15, 0.2) is 11.4 Å². The lowest BCUT2D eigenvalue weighted by atomic mass is 10.1. The lowest BCUT2D eigenvalue weighted by Crippen LogP contribution is -2.10. The molecule has 3 aromatic heterocycles. The van der Waals surface area contributed by atoms with Crippen molar-refractivity contribution in [3.8, 4) is 11.5 Å². The molecule has 0 unspecified atom stereocenters. The van der Waals surface area contributed by atoms with E-state index in [0.717, 1.165) is 5.69 Å². The Labute approximate surface area is 114 Å². The van der Waals surface area contributed by atoms with Crippen molar-refractivity contribution in [1.29, 1.82) is 0 Å². The summed E-state index contributed by atoms with van der Waals surface area (Å²) in [6.07, 6.45) is 1.53. The summed E-state index contributed by atoms with van der Waals surface area (Å²) in [4.78, 5) is 15.3. The van der Waals surface area contributed by atoms with E-state index in [4.69, 9.17) is 9.52 Å². The van der Waals surface area contributed by atoms with Crippen molar-refractivity contribution in [2.24, 2.45) is 0 Å². The fourth-order valence-corrected chi connectivity index (χ4v) is 2.28. The van der Waals surface area contributed by atoms with Crippen molar-refractivity contribution in [1.82, 2.24) is 14.6 Å². The van der Waals surface area contributed by atoms with Crippen LogP contribution in [0.3, 0.4) is 0 Å². The molecule has 20 heavy (non-hydrogen) atoms. The first-order valence-corrected chi connectivity index (χ1v) is 6.18. The van der Waals surface area contributed by atoms with Gasteiger partial charge in [0.2, 0.25) is 0 Å². The third-order valence-corrected chi connectivity index (χ3v) is 3.27. The summed E-state index contributed by atoms with van der Waals surface area (Å²) in [5.74, 6) is -0.219. The number of aromatic nitrogens is 3. The Hall–Kier alpha value is -2.63. The van der Waals surface area contributed by atoms with Crippen LogP contribution in [0.4, 0.5) is 0 Å². The molecule has 0 aliphatic heterocycles. The molecule has 3 rings (SSSR count). The Morgan fingerprint density at radius 1 is 1.45 bits per heavy atom. The molecule has 102 valence electrons. The molecule has 0 amide bonds. The van der Waals surface area contributed by atoms with Gasteiger partial charge in [-0.25, -0.2) is 9.50 Å². The Morgan fingerprint density at radius 3 is 2.90 bits per heavy atom. The molecule has 0 spiro atoms. The molecule has 1 N–H and O–H groups in total. The second kappa shape index (κ2) is 4.48. The molecule has 0 saturated heterocycles. The molecule has 0 saturated carbocycles. The minimum absolute atomic E-state index is 0.0590. The summed E-state index contributed by atoms with van der Waals surface area (Å²) < 4.78 is 6.97. The highest BCUT2D eigenvalue weighted by Crippen LogP contribution is 2.22. The van der Waals surface area contributed by atoms with Crippen molar-refractivity contribution in [3.63, 3.8) is 0 Å². The van der Waals surface area contributed by atoms with Crippen LogP contribution in [-0.4, -0.2) is 25.7 Å². The van der Waals surface area contributed by atoms with E-state index in [-0.39, 0.29) is 6.42 Å². The molecule has 3 aromatic rings. The zero-order valence-electron chi connectivity index (χ0n) is 11.1. The van der Waals surface area contributed by atoms with E-state index in [0.29, 0.717) is 28.4 Å². The fraction of sp³-hybridized carbons (Fsp3) is 0.214. The van der Waals surface area contributed by atoms with Gasteiger partial charge in [-0.3, -0.25) is 4.79 Å². The van der Waals surface area contributed by atoms with Gasteiger partial charge in [-0.1, -0.05) is 0 Å². The predicted octanol–water partition coefficient (Wildman–Crippen LogP) is 2.23. The predicted molar refractivity (Wildman–Crippen MR) is 71.5 cm³/mol. The summed E-state index contributed by atoms with van der Waals surface area (Å²) in [7, 11) is 0. The molecular formula is C14H13N3O3. The zero-order chi connectivity index (χ0) is 14.3. The van der Waals surface area contributed by atoms with Crippen molar-refractivity contribution in [2.45, 2.75) is 20.3 Å². The summed E-state index contributed by atoms with van der Waals surface area (Å²) in [5.41, 5.74) is 3.55. The Balaban J connectivity index is 2.19. The van der Waals surface area contributed by atoms with Crippen molar-refractivity contribution >= 4 is 11.6 Å². The Morgan fingerprint density at radius 2 is 2.25 bits per heavy atom. The van der Waals surface area contributed by atoms with Crippen LogP contribution in [0.1, 0.15) is 17.0 Å². The van der Waals surface area contributed by atoms with Gasteiger partial charge in [0.25, 0.3) is 0 Å². The second-order valence-electron chi connectivity index (χ2n) is 4.61. The van der Waals surface area contributed by atoms with E-state index in [1.807, 2.05) is 26.0 Å². The number of carboxylic acids is 1. The van der Waals surface area contributed by atoms with Crippen LogP contribution in [0.5, 0.6) is 0 Å². The van der Waals surface area contributed by atoms with Gasteiger partial charge in [0.1, 0.15) is 5.69 Å². The van der Waals surface area contributed by atoms with E-state index < -0.39 is 5.97 Å². The highest BCUT2D eigenvalue weighted by atomic mass is 16.4. The van der Waals surface area contributed by atoms with Gasteiger partial charge in [-0.2, -0.15) is 5.10 Å². The number of aryl methyl sites for hydroxylation is 2. The average Bonchev–Trinajstić information content (AvgIpc) is 3.01. The largest absolute Gasteiger partial charge is 0.481 e. The first-order chi connectivity index (χ1) is 9.56. The molecule has 0 aliphatic carbocycles. The van der Waals surface area contributed by atoms with E-state index in [1.54, 1.807) is 16.8 Å². The van der Waals surface area contributed by atoms with Crippen LogP contribution < -0.4 is 0 Å². The molecular weight excluding hydrogens is 258 g/mol. The smallest absolute Gasteiger partial charge is 0.307 e. The molecule has 3 heterocycles. The van der Waals surface area contributed by atoms with Crippen LogP contribution in [0, 0.1) is 13.8 Å². The van der Waals surface area contributed by atoms with E-state index >= 15 is 0 Å². The standard InChI is InChI=1S/C14H13N3O3/c1-8-10(6-14(18)19)9(2)17-13(15-8)7-11(16-17)12-4-3-5-20-12/h3-5,7H,6H2,1-2H3,(H,18,19). The summed E-state index contributed by atoms with van der Waals surface area (Å²) in [5, 5.41) is 13.4. The molecule has 0 aliphatic rings. The maximum absolute atomic E-state index is 10.9. The van der Waals surface area contributed by atoms with Gasteiger partial charge in [0.05, 0.1) is 12.7 Å². The van der Waals surface area contributed by atoms with Crippen molar-refractivity contribution in [3.05, 3.63) is 41.4 Å². The number of carbonyl (C=O) groups is 1. The van der Waals surface area contributed by atoms with Gasteiger partial charge in [0, 0.05) is 23.0 Å². The monoisotopic (exact) mass is 271 g/mol. The fourth-order valence-electron chi connectivity index (χ4n) is 2.28. The van der Waals surface area contributed by atoms with E-state index in [1.165, 1.54) is 0 Å². The molecule has 6 heteroatoms. The third-order valence-electron chi connectivity index (χ3n) is 3.27. The maximum Gasteiger partial charge on any atom is 0.307 e. The minimum Gasteiger partial charge on any atom is -0.481 e. The first kappa shape index (κ1) is 12.4. The van der Waals surface area contributed by atoms with Crippen molar-refractivity contribution < 1.29 is 14.3 Å². The number of hydrogen-bond donors (Lipinski definition) is 1. The van der Waals surface area contributed by atoms with Gasteiger partial charge in [-0.15, -0.1) is 0 Å². The molecule has 0 fully saturated rings. The van der Waals surface area contributed by atoms with E-state index in [9.17, 15) is 4.79 Å². The molecule has 0 bridgehead atoms. The van der Waals surface area contributed by atoms with Crippen LogP contribution in [0.25, 0.3) is 17.1 Å². The van der Waals surface area contributed by atoms with Gasteiger partial charge < -0.3 is 9.52 Å². The van der Waals surface area contributed by atoms with Gasteiger partial charge in [-0.05, 0) is 26.0 Å². The molecule has 0 aromatic carbocycles. The molecule has 0 atom stereocenters. The van der Waals surface area contributed by atoms with Crippen LogP contribution in [-0.2, 0) is 11.2 Å². The number of carboxylic acid groups (broad SMARTS) is 1. The maximum atomic E-state index is 10.9. The summed E-state index contributed by atoms with van der Waals surface area (Å²) >= 11 is 0. The number of furan rings is 1. The average molecular weight is 271 g/mol. The number of hydrogen-bond acceptors (Lipinski definition) is 4. The number of fused-ring (bicyclic) bond motifs is 1. The minimum atomic E-state index is -0.879. The topological polar surface area (TPSA) is 80.6 Å². The van der Waals surface area contributed by atoms with Crippen LogP contribution in [0.2, 0.25) is 0 Å². The van der Waals surface area contributed by atoms with Gasteiger partial charge >= 0.3 is 5.97 Å². The van der Waals surface area contributed by atoms with Crippen LogP contribution >= 0.6 is 0 Å². The highest BCUT2D eigenvalue weighted by Gasteiger charge is 2.15. The van der Waals surface area contributed by atoms with E-state index in [2.05, 4.69) is 10.1 Å². The third kappa shape index (κ3) is 1.95. The normalized spacial score (nSPS) is 11.1. The van der Waals surface area contributed by atoms with Crippen molar-refractivity contribution in [2.75, 3.05) is 0 Å². The highest BCUT2D eigenvalue weighted by molar-refractivity contribution is 5.71. The van der Waals surface area contributed by atoms with Crippen LogP contribution in [0.15, 0.2) is 28.9 Å². The first-order valence-electron chi connectivity index (χ1n) is 6.18. The Bertz CT molecular complexity index is 788. The Kier molecular flexibility index (Phi) is 2.78. The second-order valence-corrected chi connectivity index (χ2v) is 4.61.